The molecular weight excluding hydrogens is 334 g/mol. The molecule has 1 aromatic carbocycles. The van der Waals surface area contributed by atoms with Gasteiger partial charge in [-0.1, -0.05) is 36.4 Å². The van der Waals surface area contributed by atoms with E-state index in [1.165, 1.54) is 5.56 Å². The number of carbonyl (C=O) groups is 1. The lowest BCUT2D eigenvalue weighted by atomic mass is 9.93. The van der Waals surface area contributed by atoms with E-state index in [0.717, 1.165) is 43.7 Å². The first-order valence-corrected chi connectivity index (χ1v) is 9.48. The summed E-state index contributed by atoms with van der Waals surface area (Å²) in [4.78, 5) is 23.7. The summed E-state index contributed by atoms with van der Waals surface area (Å²) in [6.45, 7) is 1.52. The molecule has 1 unspecified atom stereocenters. The van der Waals surface area contributed by atoms with Crippen molar-refractivity contribution >= 4 is 5.91 Å². The van der Waals surface area contributed by atoms with Crippen LogP contribution in [0.5, 0.6) is 0 Å². The molecule has 4 heteroatoms. The Hall–Kier alpha value is -3.01. The molecule has 2 aromatic heterocycles. The monoisotopic (exact) mass is 357 g/mol. The van der Waals surface area contributed by atoms with E-state index in [0.29, 0.717) is 5.56 Å². The molecule has 0 bridgehead atoms. The van der Waals surface area contributed by atoms with Crippen molar-refractivity contribution in [3.63, 3.8) is 0 Å². The van der Waals surface area contributed by atoms with Crippen LogP contribution in [0.3, 0.4) is 0 Å². The Bertz CT molecular complexity index is 896. The third-order valence-electron chi connectivity index (χ3n) is 5.09. The summed E-state index contributed by atoms with van der Waals surface area (Å²) in [5.74, 6) is 0.350. The van der Waals surface area contributed by atoms with Gasteiger partial charge in [0.05, 0.1) is 5.56 Å². The van der Waals surface area contributed by atoms with Gasteiger partial charge < -0.3 is 4.90 Å². The maximum atomic E-state index is 12.8. The summed E-state index contributed by atoms with van der Waals surface area (Å²) in [6, 6.07) is 20.3. The Balaban J connectivity index is 1.48. The minimum atomic E-state index is 0.0632. The summed E-state index contributed by atoms with van der Waals surface area (Å²) in [5, 5.41) is 0. The van der Waals surface area contributed by atoms with Crippen molar-refractivity contribution in [3.8, 4) is 0 Å². The van der Waals surface area contributed by atoms with Gasteiger partial charge in [-0.25, -0.2) is 0 Å². The smallest absolute Gasteiger partial charge is 0.255 e. The molecule has 1 aliphatic rings. The number of rotatable bonds is 4. The highest BCUT2D eigenvalue weighted by Crippen LogP contribution is 2.27. The lowest BCUT2D eigenvalue weighted by Crippen LogP contribution is -2.39. The van der Waals surface area contributed by atoms with E-state index in [9.17, 15) is 4.79 Å². The zero-order valence-corrected chi connectivity index (χ0v) is 15.3. The van der Waals surface area contributed by atoms with Gasteiger partial charge in [0.2, 0.25) is 0 Å². The van der Waals surface area contributed by atoms with E-state index in [4.69, 9.17) is 4.98 Å². The molecule has 1 amide bonds. The summed E-state index contributed by atoms with van der Waals surface area (Å²) in [7, 11) is 0. The predicted octanol–water partition coefficient (Wildman–Crippen LogP) is 4.09. The second kappa shape index (κ2) is 8.12. The highest BCUT2D eigenvalue weighted by Gasteiger charge is 2.26. The fourth-order valence-corrected chi connectivity index (χ4v) is 3.70. The molecule has 4 rings (SSSR count). The highest BCUT2D eigenvalue weighted by atomic mass is 16.2. The van der Waals surface area contributed by atoms with Crippen molar-refractivity contribution < 1.29 is 4.79 Å². The van der Waals surface area contributed by atoms with Crippen molar-refractivity contribution in [1.82, 2.24) is 14.9 Å². The number of aromatic nitrogens is 2. The minimum Gasteiger partial charge on any atom is -0.338 e. The van der Waals surface area contributed by atoms with E-state index in [1.807, 2.05) is 23.1 Å². The molecule has 136 valence electrons. The Kier molecular flexibility index (Phi) is 5.24. The van der Waals surface area contributed by atoms with Crippen LogP contribution < -0.4 is 0 Å². The number of hydrogen-bond acceptors (Lipinski definition) is 3. The van der Waals surface area contributed by atoms with E-state index in [1.54, 1.807) is 12.4 Å². The van der Waals surface area contributed by atoms with E-state index in [2.05, 4.69) is 47.4 Å². The molecule has 1 fully saturated rings. The van der Waals surface area contributed by atoms with Gasteiger partial charge in [0, 0.05) is 49.2 Å². The molecule has 0 saturated carbocycles. The fraction of sp³-hybridized carbons (Fsp3) is 0.261. The van der Waals surface area contributed by atoms with E-state index < -0.39 is 0 Å². The van der Waals surface area contributed by atoms with Gasteiger partial charge >= 0.3 is 0 Å². The number of amides is 1. The zero-order chi connectivity index (χ0) is 18.5. The first-order valence-electron chi connectivity index (χ1n) is 9.48. The third kappa shape index (κ3) is 4.22. The molecule has 3 aromatic rings. The van der Waals surface area contributed by atoms with Gasteiger partial charge in [0.1, 0.15) is 0 Å². The molecule has 0 spiro atoms. The van der Waals surface area contributed by atoms with Crippen LogP contribution in [0.1, 0.15) is 46.1 Å². The summed E-state index contributed by atoms with van der Waals surface area (Å²) in [6.07, 6.45) is 6.24. The minimum absolute atomic E-state index is 0.0632. The highest BCUT2D eigenvalue weighted by molar-refractivity contribution is 5.94. The second-order valence-corrected chi connectivity index (χ2v) is 7.05. The summed E-state index contributed by atoms with van der Waals surface area (Å²) >= 11 is 0. The van der Waals surface area contributed by atoms with Gasteiger partial charge in [0.25, 0.3) is 5.91 Å². The number of hydrogen-bond donors (Lipinski definition) is 0. The molecular formula is C23H23N3O. The first kappa shape index (κ1) is 17.4. The van der Waals surface area contributed by atoms with Gasteiger partial charge in [-0.15, -0.1) is 0 Å². The molecule has 3 heterocycles. The Morgan fingerprint density at radius 2 is 1.93 bits per heavy atom. The van der Waals surface area contributed by atoms with Crippen LogP contribution in [0.15, 0.2) is 73.1 Å². The summed E-state index contributed by atoms with van der Waals surface area (Å²) < 4.78 is 0. The van der Waals surface area contributed by atoms with Crippen molar-refractivity contribution in [2.75, 3.05) is 13.1 Å². The molecule has 4 nitrogen and oxygen atoms in total. The van der Waals surface area contributed by atoms with Crippen LogP contribution in [-0.2, 0) is 6.42 Å². The number of carbonyl (C=O) groups excluding carboxylic acids is 1. The molecule has 0 radical (unpaired) electrons. The number of likely N-dealkylation sites (tertiary alicyclic amines) is 1. The zero-order valence-electron chi connectivity index (χ0n) is 15.3. The average Bonchev–Trinajstić information content (AvgIpc) is 2.75. The maximum Gasteiger partial charge on any atom is 0.255 e. The Morgan fingerprint density at radius 1 is 1.04 bits per heavy atom. The standard InChI is InChI=1S/C23H23N3O/c27-23(19-9-5-13-24-16-19)26-14-6-10-20(17-26)22-12-4-11-21(25-22)15-18-7-2-1-3-8-18/h1-5,7-9,11-13,16,20H,6,10,14-15,17H2. The van der Waals surface area contributed by atoms with Crippen LogP contribution in [0.4, 0.5) is 0 Å². The van der Waals surface area contributed by atoms with Crippen molar-refractivity contribution in [2.24, 2.45) is 0 Å². The lowest BCUT2D eigenvalue weighted by Gasteiger charge is -2.32. The van der Waals surface area contributed by atoms with Gasteiger partial charge in [-0.2, -0.15) is 0 Å². The second-order valence-electron chi connectivity index (χ2n) is 7.05. The summed E-state index contributed by atoms with van der Waals surface area (Å²) in [5.41, 5.74) is 4.09. The van der Waals surface area contributed by atoms with Crippen LogP contribution in [0.25, 0.3) is 0 Å². The number of nitrogens with zero attached hydrogens (tertiary/aromatic N) is 3. The maximum absolute atomic E-state index is 12.8. The fourth-order valence-electron chi connectivity index (χ4n) is 3.70. The molecule has 1 atom stereocenters. The third-order valence-corrected chi connectivity index (χ3v) is 5.09. The Labute approximate surface area is 159 Å². The van der Waals surface area contributed by atoms with Crippen molar-refractivity contribution in [3.05, 3.63) is 95.6 Å². The first-order chi connectivity index (χ1) is 13.3. The van der Waals surface area contributed by atoms with Crippen LogP contribution in [-0.4, -0.2) is 33.9 Å². The number of piperidine rings is 1. The van der Waals surface area contributed by atoms with Crippen LogP contribution in [0.2, 0.25) is 0 Å². The van der Waals surface area contributed by atoms with Gasteiger partial charge in [0.15, 0.2) is 0 Å². The van der Waals surface area contributed by atoms with Crippen molar-refractivity contribution in [1.29, 1.82) is 0 Å². The normalized spacial score (nSPS) is 16.9. The SMILES string of the molecule is O=C(c1cccnc1)N1CCCC(c2cccc(Cc3ccccc3)n2)C1. The molecule has 1 saturated heterocycles. The van der Waals surface area contributed by atoms with Gasteiger partial charge in [-0.3, -0.25) is 14.8 Å². The average molecular weight is 357 g/mol. The molecule has 1 aliphatic heterocycles. The molecule has 0 N–H and O–H groups in total. The lowest BCUT2D eigenvalue weighted by molar-refractivity contribution is 0.0705. The van der Waals surface area contributed by atoms with E-state index >= 15 is 0 Å². The Morgan fingerprint density at radius 3 is 2.74 bits per heavy atom. The molecule has 27 heavy (non-hydrogen) atoms. The quantitative estimate of drug-likeness (QED) is 0.707. The molecule has 0 aliphatic carbocycles. The topological polar surface area (TPSA) is 46.1 Å². The van der Waals surface area contributed by atoms with Crippen LogP contribution in [0, 0.1) is 0 Å². The van der Waals surface area contributed by atoms with Crippen molar-refractivity contribution in [2.45, 2.75) is 25.2 Å². The van der Waals surface area contributed by atoms with Gasteiger partial charge in [-0.05, 0) is 42.7 Å². The van der Waals surface area contributed by atoms with E-state index in [-0.39, 0.29) is 11.8 Å². The predicted molar refractivity (Wildman–Crippen MR) is 106 cm³/mol. The number of pyridine rings is 2. The largest absolute Gasteiger partial charge is 0.338 e. The number of benzene rings is 1. The van der Waals surface area contributed by atoms with Crippen LogP contribution >= 0.6 is 0 Å².